The van der Waals surface area contributed by atoms with Gasteiger partial charge in [0.25, 0.3) is 5.91 Å². The van der Waals surface area contributed by atoms with Crippen molar-refractivity contribution in [2.24, 2.45) is 0 Å². The lowest BCUT2D eigenvalue weighted by Crippen LogP contribution is -2.30. The molecular weight excluding hydrogens is 302 g/mol. The topological polar surface area (TPSA) is 33.2 Å². The molecule has 0 aliphatic heterocycles. The van der Waals surface area contributed by atoms with E-state index < -0.39 is 0 Å². The van der Waals surface area contributed by atoms with Crippen LogP contribution < -0.4 is 4.90 Å². The Morgan fingerprint density at radius 2 is 1.75 bits per heavy atom. The first kappa shape index (κ1) is 14.8. The van der Waals surface area contributed by atoms with E-state index in [2.05, 4.69) is 4.98 Å². The fourth-order valence-electron chi connectivity index (χ4n) is 1.81. The molecule has 104 valence electrons. The molecule has 0 saturated heterocycles. The van der Waals surface area contributed by atoms with Crippen LogP contribution in [0.2, 0.25) is 10.3 Å². The molecule has 20 heavy (non-hydrogen) atoms. The van der Waals surface area contributed by atoms with Crippen molar-refractivity contribution >= 4 is 34.8 Å². The van der Waals surface area contributed by atoms with Crippen LogP contribution in [0.5, 0.6) is 0 Å². The van der Waals surface area contributed by atoms with E-state index in [1.165, 1.54) is 29.2 Å². The lowest BCUT2D eigenvalue weighted by Gasteiger charge is -2.21. The zero-order chi connectivity index (χ0) is 14.7. The largest absolute Gasteiger partial charge is 0.309 e. The van der Waals surface area contributed by atoms with E-state index in [1.807, 2.05) is 6.92 Å². The van der Waals surface area contributed by atoms with E-state index in [4.69, 9.17) is 23.2 Å². The second-order valence-corrected chi connectivity index (χ2v) is 4.80. The third-order valence-electron chi connectivity index (χ3n) is 2.71. The summed E-state index contributed by atoms with van der Waals surface area (Å²) < 4.78 is 12.9. The van der Waals surface area contributed by atoms with Crippen molar-refractivity contribution in [3.05, 3.63) is 58.1 Å². The highest BCUT2D eigenvalue weighted by molar-refractivity contribution is 6.33. The number of carbonyl (C=O) groups is 1. The molecule has 0 atom stereocenters. The molecule has 6 heteroatoms. The maximum absolute atomic E-state index is 12.9. The van der Waals surface area contributed by atoms with Crippen molar-refractivity contribution in [1.82, 2.24) is 4.98 Å². The Balaban J connectivity index is 2.36. The van der Waals surface area contributed by atoms with Gasteiger partial charge in [-0.05, 0) is 43.3 Å². The number of hydrogen-bond donors (Lipinski definition) is 0. The normalized spacial score (nSPS) is 10.4. The van der Waals surface area contributed by atoms with Crippen LogP contribution >= 0.6 is 23.2 Å². The average molecular weight is 313 g/mol. The smallest absolute Gasteiger partial charge is 0.258 e. The van der Waals surface area contributed by atoms with Crippen LogP contribution in [0.25, 0.3) is 0 Å². The molecule has 2 aromatic rings. The number of nitrogens with zero attached hydrogens (tertiary/aromatic N) is 2. The minimum absolute atomic E-state index is 0.149. The first-order valence-electron chi connectivity index (χ1n) is 5.91. The van der Waals surface area contributed by atoms with Crippen molar-refractivity contribution in [3.63, 3.8) is 0 Å². The minimum Gasteiger partial charge on any atom is -0.309 e. The Morgan fingerprint density at radius 1 is 1.20 bits per heavy atom. The summed E-state index contributed by atoms with van der Waals surface area (Å²) in [4.78, 5) is 17.8. The van der Waals surface area contributed by atoms with Crippen LogP contribution in [-0.4, -0.2) is 17.4 Å². The zero-order valence-electron chi connectivity index (χ0n) is 10.6. The molecule has 0 aliphatic rings. The Kier molecular flexibility index (Phi) is 4.57. The number of benzene rings is 1. The molecule has 2 rings (SSSR count). The highest BCUT2D eigenvalue weighted by Crippen LogP contribution is 2.20. The van der Waals surface area contributed by atoms with Gasteiger partial charge in [0.15, 0.2) is 0 Å². The van der Waals surface area contributed by atoms with Gasteiger partial charge in [0.05, 0.1) is 0 Å². The van der Waals surface area contributed by atoms with Gasteiger partial charge in [-0.25, -0.2) is 9.37 Å². The summed E-state index contributed by atoms with van der Waals surface area (Å²) in [7, 11) is 0. The van der Waals surface area contributed by atoms with E-state index >= 15 is 0 Å². The summed E-state index contributed by atoms with van der Waals surface area (Å²) in [6.45, 7) is 2.26. The number of aromatic nitrogens is 1. The van der Waals surface area contributed by atoms with E-state index in [0.717, 1.165) is 0 Å². The molecule has 1 aromatic heterocycles. The minimum atomic E-state index is -0.354. The zero-order valence-corrected chi connectivity index (χ0v) is 12.1. The van der Waals surface area contributed by atoms with E-state index in [-0.39, 0.29) is 22.0 Å². The first-order chi connectivity index (χ1) is 9.51. The molecule has 0 fully saturated rings. The van der Waals surface area contributed by atoms with Gasteiger partial charge in [0.2, 0.25) is 0 Å². The molecule has 0 bridgehead atoms. The van der Waals surface area contributed by atoms with E-state index in [9.17, 15) is 9.18 Å². The molecular formula is C14H11Cl2FN2O. The summed E-state index contributed by atoms with van der Waals surface area (Å²) >= 11 is 11.6. The molecule has 3 nitrogen and oxygen atoms in total. The van der Waals surface area contributed by atoms with Gasteiger partial charge in [0.1, 0.15) is 16.1 Å². The molecule has 0 radical (unpaired) electrons. The van der Waals surface area contributed by atoms with E-state index in [0.29, 0.717) is 17.8 Å². The summed E-state index contributed by atoms with van der Waals surface area (Å²) in [6, 6.07) is 8.59. The fourth-order valence-corrected chi connectivity index (χ4v) is 2.27. The van der Waals surface area contributed by atoms with Crippen LogP contribution in [0.3, 0.4) is 0 Å². The number of hydrogen-bond acceptors (Lipinski definition) is 2. The van der Waals surface area contributed by atoms with Crippen molar-refractivity contribution in [2.45, 2.75) is 6.92 Å². The maximum Gasteiger partial charge on any atom is 0.258 e. The monoisotopic (exact) mass is 312 g/mol. The highest BCUT2D eigenvalue weighted by Gasteiger charge is 2.17. The lowest BCUT2D eigenvalue weighted by molar-refractivity contribution is 0.0988. The molecule has 1 amide bonds. The maximum atomic E-state index is 12.9. The number of amides is 1. The van der Waals surface area contributed by atoms with Crippen molar-refractivity contribution in [2.75, 3.05) is 11.4 Å². The van der Waals surface area contributed by atoms with Crippen molar-refractivity contribution in [1.29, 1.82) is 0 Å². The predicted octanol–water partition coefficient (Wildman–Crippen LogP) is 4.19. The number of carbonyl (C=O) groups excluding carboxylic acids is 1. The number of halogens is 3. The average Bonchev–Trinajstić information content (AvgIpc) is 2.40. The SMILES string of the molecule is CCN(C(=O)c1cc(Cl)nc(Cl)c1)c1ccc(F)cc1. The van der Waals surface area contributed by atoms with Gasteiger partial charge in [-0.2, -0.15) is 0 Å². The molecule has 1 heterocycles. The Labute approximate surface area is 125 Å². The second-order valence-electron chi connectivity index (χ2n) is 4.03. The first-order valence-corrected chi connectivity index (χ1v) is 6.67. The fraction of sp³-hybridized carbons (Fsp3) is 0.143. The van der Waals surface area contributed by atoms with Gasteiger partial charge in [-0.3, -0.25) is 4.79 Å². The number of anilines is 1. The van der Waals surface area contributed by atoms with Crippen molar-refractivity contribution in [3.8, 4) is 0 Å². The van der Waals surface area contributed by atoms with Crippen LogP contribution in [0.15, 0.2) is 36.4 Å². The van der Waals surface area contributed by atoms with Gasteiger partial charge in [0, 0.05) is 17.8 Å². The molecule has 0 aliphatic carbocycles. The second kappa shape index (κ2) is 6.20. The Bertz CT molecular complexity index is 611. The third-order valence-corrected chi connectivity index (χ3v) is 3.10. The third kappa shape index (κ3) is 3.26. The van der Waals surface area contributed by atoms with Crippen molar-refractivity contribution < 1.29 is 9.18 Å². The van der Waals surface area contributed by atoms with Crippen LogP contribution in [0.4, 0.5) is 10.1 Å². The van der Waals surface area contributed by atoms with Crippen LogP contribution in [0, 0.1) is 5.82 Å². The Morgan fingerprint density at radius 3 is 2.25 bits per heavy atom. The van der Waals surface area contributed by atoms with E-state index in [1.54, 1.807) is 12.1 Å². The Hall–Kier alpha value is -1.65. The molecule has 1 aromatic carbocycles. The quantitative estimate of drug-likeness (QED) is 0.796. The van der Waals surface area contributed by atoms with Gasteiger partial charge in [-0.1, -0.05) is 23.2 Å². The van der Waals surface area contributed by atoms with Gasteiger partial charge in [-0.15, -0.1) is 0 Å². The molecule has 0 saturated carbocycles. The number of pyridine rings is 1. The highest BCUT2D eigenvalue weighted by atomic mass is 35.5. The van der Waals surface area contributed by atoms with Gasteiger partial charge >= 0.3 is 0 Å². The van der Waals surface area contributed by atoms with Crippen LogP contribution in [-0.2, 0) is 0 Å². The predicted molar refractivity (Wildman–Crippen MR) is 78.0 cm³/mol. The summed E-state index contributed by atoms with van der Waals surface area (Å²) in [6.07, 6.45) is 0. The molecule has 0 unspecified atom stereocenters. The summed E-state index contributed by atoms with van der Waals surface area (Å²) in [5, 5.41) is 0.298. The summed E-state index contributed by atoms with van der Waals surface area (Å²) in [5.74, 6) is -0.627. The standard InChI is InChI=1S/C14H11Cl2FN2O/c1-2-19(11-5-3-10(17)4-6-11)14(20)9-7-12(15)18-13(16)8-9/h3-8H,2H2,1H3. The van der Waals surface area contributed by atoms with Gasteiger partial charge < -0.3 is 4.90 Å². The lowest BCUT2D eigenvalue weighted by atomic mass is 10.2. The molecule has 0 spiro atoms. The molecule has 0 N–H and O–H groups in total. The van der Waals surface area contributed by atoms with Crippen LogP contribution in [0.1, 0.15) is 17.3 Å². The number of rotatable bonds is 3. The summed E-state index contributed by atoms with van der Waals surface area (Å²) in [5.41, 5.74) is 0.934.